The lowest BCUT2D eigenvalue weighted by Gasteiger charge is -2.53. The molecule has 300 valence electrons. The van der Waals surface area contributed by atoms with E-state index in [-0.39, 0.29) is 53.0 Å². The van der Waals surface area contributed by atoms with Gasteiger partial charge in [-0.1, -0.05) is 25.1 Å². The summed E-state index contributed by atoms with van der Waals surface area (Å²) in [6, 6.07) is 13.2. The van der Waals surface area contributed by atoms with Gasteiger partial charge in [0, 0.05) is 62.8 Å². The number of benzene rings is 2. The number of alkyl carbamates (subject to hydrolysis) is 1. The molecule has 12 nitrogen and oxygen atoms in total. The van der Waals surface area contributed by atoms with Crippen molar-refractivity contribution in [2.24, 2.45) is 11.8 Å². The number of aliphatic hydroxyl groups is 1. The Labute approximate surface area is 324 Å². The summed E-state index contributed by atoms with van der Waals surface area (Å²) in [7, 11) is -2.32. The summed E-state index contributed by atoms with van der Waals surface area (Å²) < 4.78 is 47.0. The molecule has 3 aliphatic heterocycles. The van der Waals surface area contributed by atoms with Crippen molar-refractivity contribution in [3.63, 3.8) is 0 Å². The molecule has 0 bridgehead atoms. The maximum atomic E-state index is 14.9. The molecule has 1 saturated carbocycles. The third kappa shape index (κ3) is 8.56. The van der Waals surface area contributed by atoms with Gasteiger partial charge in [0.1, 0.15) is 11.4 Å². The zero-order valence-electron chi connectivity index (χ0n) is 32.2. The van der Waals surface area contributed by atoms with E-state index in [0.29, 0.717) is 52.1 Å². The summed E-state index contributed by atoms with van der Waals surface area (Å²) >= 11 is 0. The smallest absolute Gasteiger partial charge is 0.407 e. The Morgan fingerprint density at radius 1 is 1.05 bits per heavy atom. The number of amides is 3. The van der Waals surface area contributed by atoms with E-state index in [1.807, 2.05) is 17.9 Å². The molecule has 6 rings (SSSR count). The molecule has 0 aromatic heterocycles. The van der Waals surface area contributed by atoms with Crippen LogP contribution in [0.5, 0.6) is 0 Å². The van der Waals surface area contributed by atoms with E-state index < -0.39 is 32.2 Å². The Balaban J connectivity index is 1.11. The fourth-order valence-electron chi connectivity index (χ4n) is 9.90. The van der Waals surface area contributed by atoms with Crippen molar-refractivity contribution in [3.8, 4) is 0 Å². The van der Waals surface area contributed by atoms with Crippen LogP contribution in [0.1, 0.15) is 64.4 Å². The second-order valence-corrected chi connectivity index (χ2v) is 18.4. The van der Waals surface area contributed by atoms with Crippen LogP contribution in [0.3, 0.4) is 0 Å². The minimum absolute atomic E-state index is 0.0405. The van der Waals surface area contributed by atoms with E-state index >= 15 is 0 Å². The summed E-state index contributed by atoms with van der Waals surface area (Å²) in [4.78, 5) is 43.2. The number of ether oxygens (including phenoxy) is 1. The third-order valence-corrected chi connectivity index (χ3v) is 14.9. The summed E-state index contributed by atoms with van der Waals surface area (Å²) in [5.41, 5.74) is 0.0407. The number of hydrogen-bond acceptors (Lipinski definition) is 9. The van der Waals surface area contributed by atoms with Crippen LogP contribution in [-0.4, -0.2) is 117 Å². The number of carbonyl (C=O) groups is 3. The number of piperidine rings is 2. The van der Waals surface area contributed by atoms with Crippen LogP contribution in [0.15, 0.2) is 66.1 Å². The summed E-state index contributed by atoms with van der Waals surface area (Å²) in [6.07, 6.45) is 5.77. The quantitative estimate of drug-likeness (QED) is 0.272. The predicted octanol–water partition coefficient (Wildman–Crippen LogP) is 4.03. The van der Waals surface area contributed by atoms with Crippen LogP contribution in [0, 0.1) is 17.7 Å². The lowest BCUT2D eigenvalue weighted by atomic mass is 9.58. The molecule has 4 fully saturated rings. The van der Waals surface area contributed by atoms with Crippen molar-refractivity contribution in [2.75, 3.05) is 57.8 Å². The molecule has 0 spiro atoms. The van der Waals surface area contributed by atoms with Crippen LogP contribution >= 0.6 is 0 Å². The van der Waals surface area contributed by atoms with Gasteiger partial charge in [-0.25, -0.2) is 17.6 Å². The van der Waals surface area contributed by atoms with Crippen molar-refractivity contribution in [1.82, 2.24) is 20.4 Å². The van der Waals surface area contributed by atoms with Crippen molar-refractivity contribution in [1.29, 1.82) is 0 Å². The average molecular weight is 782 g/mol. The number of nitrogens with zero attached hydrogens (tertiary/aromatic N) is 3. The first-order chi connectivity index (χ1) is 26.2. The minimum Gasteiger partial charge on any atom is -0.453 e. The summed E-state index contributed by atoms with van der Waals surface area (Å²) in [5, 5.41) is 17.0. The van der Waals surface area contributed by atoms with Crippen LogP contribution in [0.25, 0.3) is 0 Å². The molecular weight excluding hydrogens is 726 g/mol. The molecule has 2 aromatic rings. The molecule has 3 heterocycles. The van der Waals surface area contributed by atoms with E-state index in [1.165, 1.54) is 26.2 Å². The molecule has 3 amide bonds. The molecule has 0 radical (unpaired) electrons. The number of rotatable bonds is 12. The van der Waals surface area contributed by atoms with Gasteiger partial charge < -0.3 is 35.2 Å². The zero-order valence-corrected chi connectivity index (χ0v) is 33.0. The average Bonchev–Trinajstić information content (AvgIpc) is 3.62. The van der Waals surface area contributed by atoms with E-state index in [0.717, 1.165) is 43.4 Å². The molecule has 55 heavy (non-hydrogen) atoms. The maximum Gasteiger partial charge on any atom is 0.407 e. The van der Waals surface area contributed by atoms with Gasteiger partial charge in [-0.15, -0.1) is 0 Å². The van der Waals surface area contributed by atoms with Crippen LogP contribution < -0.4 is 15.5 Å². The minimum atomic E-state index is -3.66. The molecule has 4 aliphatic rings. The second-order valence-electron chi connectivity index (χ2n) is 16.2. The summed E-state index contributed by atoms with van der Waals surface area (Å²) in [5.74, 6) is -0.785. The van der Waals surface area contributed by atoms with Gasteiger partial charge in [-0.3, -0.25) is 9.59 Å². The van der Waals surface area contributed by atoms with Gasteiger partial charge in [0.05, 0.1) is 17.3 Å². The highest BCUT2D eigenvalue weighted by molar-refractivity contribution is 7.92. The van der Waals surface area contributed by atoms with Gasteiger partial charge in [0.15, 0.2) is 9.84 Å². The molecule has 3 N–H and O–H groups in total. The fourth-order valence-corrected chi connectivity index (χ4v) is 11.6. The molecule has 2 aromatic carbocycles. The monoisotopic (exact) mass is 781 g/mol. The standard InChI is InChI=1S/C41H56FN5O7S/c1-5-38(49)47-23-35(15-12-28(47)2)55(52,53)34-16-13-33(14-17-34)46-26-40(51,27-46)25-45-20-18-30(19-21-45)41(24-43-29(3)48,31-8-6-9-32(42)22-31)36-10-7-11-37(36)44-39(50)54-4/h5-6,8-9,13-14,16-17,22,28,30,35-37,51H,1,7,10-12,15,18-21,23-27H2,2-4H3,(H,43,48)(H,44,50)/t28-,35+,36-,37-,41-/m0/s1. The first-order valence-electron chi connectivity index (χ1n) is 19.5. The third-order valence-electron chi connectivity index (χ3n) is 12.7. The van der Waals surface area contributed by atoms with Gasteiger partial charge in [0.2, 0.25) is 11.8 Å². The van der Waals surface area contributed by atoms with Gasteiger partial charge >= 0.3 is 6.09 Å². The number of hydrogen-bond donors (Lipinski definition) is 3. The molecule has 14 heteroatoms. The summed E-state index contributed by atoms with van der Waals surface area (Å²) in [6.45, 7) is 10.1. The van der Waals surface area contributed by atoms with E-state index in [4.69, 9.17) is 4.74 Å². The molecule has 3 saturated heterocycles. The molecule has 1 aliphatic carbocycles. The van der Waals surface area contributed by atoms with Crippen LogP contribution in [-0.2, 0) is 29.6 Å². The fraction of sp³-hybridized carbons (Fsp3) is 0.585. The van der Waals surface area contributed by atoms with Crippen LogP contribution in [0.2, 0.25) is 0 Å². The Hall–Kier alpha value is -4.01. The maximum absolute atomic E-state index is 14.9. The highest BCUT2D eigenvalue weighted by Crippen LogP contribution is 2.50. The molecular formula is C41H56FN5O7S. The number of β-amino-alcohol motifs (C(OH)–C–C–N with tert-alkyl or cyclic N) is 1. The number of nitrogens with one attached hydrogen (secondary N) is 2. The van der Waals surface area contributed by atoms with Gasteiger partial charge in [-0.2, -0.15) is 0 Å². The number of halogens is 1. The van der Waals surface area contributed by atoms with Gasteiger partial charge in [0.25, 0.3) is 0 Å². The lowest BCUT2D eigenvalue weighted by molar-refractivity contribution is -0.129. The van der Waals surface area contributed by atoms with E-state index in [9.17, 15) is 32.3 Å². The van der Waals surface area contributed by atoms with Gasteiger partial charge in [-0.05, 0) is 118 Å². The first kappa shape index (κ1) is 40.6. The Morgan fingerprint density at radius 2 is 1.76 bits per heavy atom. The largest absolute Gasteiger partial charge is 0.453 e. The highest BCUT2D eigenvalue weighted by Gasteiger charge is 2.53. The predicted molar refractivity (Wildman–Crippen MR) is 208 cm³/mol. The normalized spacial score (nSPS) is 25.7. The zero-order chi connectivity index (χ0) is 39.5. The number of anilines is 1. The lowest BCUT2D eigenvalue weighted by Crippen LogP contribution is -2.67. The van der Waals surface area contributed by atoms with Crippen molar-refractivity contribution in [3.05, 3.63) is 72.6 Å². The number of sulfone groups is 1. The highest BCUT2D eigenvalue weighted by atomic mass is 32.2. The first-order valence-corrected chi connectivity index (χ1v) is 21.1. The number of methoxy groups -OCH3 is 1. The van der Waals surface area contributed by atoms with E-state index in [1.54, 1.807) is 41.3 Å². The molecule has 0 unspecified atom stereocenters. The topological polar surface area (TPSA) is 149 Å². The number of carbonyl (C=O) groups excluding carboxylic acids is 3. The van der Waals surface area contributed by atoms with Crippen molar-refractivity contribution < 1.29 is 37.0 Å². The van der Waals surface area contributed by atoms with Crippen molar-refractivity contribution in [2.45, 2.75) is 92.0 Å². The Morgan fingerprint density at radius 3 is 2.40 bits per heavy atom. The molecule has 5 atom stereocenters. The Bertz CT molecular complexity index is 1830. The Kier molecular flexibility index (Phi) is 12.3. The second kappa shape index (κ2) is 16.6. The van der Waals surface area contributed by atoms with Crippen molar-refractivity contribution >= 4 is 33.4 Å². The SMILES string of the molecule is C=CC(=O)N1C[C@H](S(=O)(=O)c2ccc(N3CC(O)(CN4CCC([C@@](CNC(C)=O)(c5cccc(F)c5)[C@H]5CCC[C@@H]5NC(=O)OC)CC4)C3)cc2)CC[C@@H]1C. The van der Waals surface area contributed by atoms with Crippen LogP contribution in [0.4, 0.5) is 14.9 Å². The van der Waals surface area contributed by atoms with E-state index in [2.05, 4.69) is 22.1 Å². The number of likely N-dealkylation sites (tertiary alicyclic amines) is 2.